The highest BCUT2D eigenvalue weighted by Gasteiger charge is 2.50. The minimum atomic E-state index is -0.694. The van der Waals surface area contributed by atoms with Crippen LogP contribution in [0.3, 0.4) is 0 Å². The lowest BCUT2D eigenvalue weighted by Gasteiger charge is -2.45. The summed E-state index contributed by atoms with van der Waals surface area (Å²) < 4.78 is 15.9. The normalized spacial score (nSPS) is 13.5. The second kappa shape index (κ2) is 11.0. The van der Waals surface area contributed by atoms with E-state index in [1.54, 1.807) is 0 Å². The van der Waals surface area contributed by atoms with Crippen LogP contribution in [0.15, 0.2) is 182 Å². The predicted octanol–water partition coefficient (Wildman–Crippen LogP) is 12.1. The van der Waals surface area contributed by atoms with Crippen LogP contribution in [-0.4, -0.2) is 9.55 Å². The highest BCUT2D eigenvalue weighted by atomic mass is 16.5. The Morgan fingerprint density at radius 3 is 1.83 bits per heavy atom. The summed E-state index contributed by atoms with van der Waals surface area (Å²) in [7, 11) is 0. The molecule has 4 nitrogen and oxygen atoms in total. The van der Waals surface area contributed by atoms with E-state index in [1.807, 2.05) is 36.5 Å². The van der Waals surface area contributed by atoms with Gasteiger partial charge in [-0.3, -0.25) is 4.98 Å². The first kappa shape index (κ1) is 28.9. The van der Waals surface area contributed by atoms with Gasteiger partial charge in [0.1, 0.15) is 23.0 Å². The molecule has 0 aliphatic carbocycles. The molecule has 0 saturated heterocycles. The molecule has 0 amide bonds. The number of hydrogen-bond acceptors (Lipinski definition) is 3. The maximum atomic E-state index is 6.90. The third kappa shape index (κ3) is 4.06. The van der Waals surface area contributed by atoms with Gasteiger partial charge in [-0.25, -0.2) is 0 Å². The average molecular weight is 667 g/mol. The van der Waals surface area contributed by atoms with Gasteiger partial charge >= 0.3 is 0 Å². The van der Waals surface area contributed by atoms with Crippen LogP contribution in [0.5, 0.6) is 23.0 Å². The molecule has 0 unspecified atom stereocenters. The van der Waals surface area contributed by atoms with Crippen LogP contribution >= 0.6 is 0 Å². The Balaban J connectivity index is 1.16. The highest BCUT2D eigenvalue weighted by molar-refractivity contribution is 6.10. The van der Waals surface area contributed by atoms with E-state index in [2.05, 4.69) is 155 Å². The molecule has 2 aromatic heterocycles. The van der Waals surface area contributed by atoms with Crippen molar-refractivity contribution in [2.24, 2.45) is 0 Å². The van der Waals surface area contributed by atoms with Crippen molar-refractivity contribution < 1.29 is 9.47 Å². The van der Waals surface area contributed by atoms with Crippen LogP contribution in [0.2, 0.25) is 0 Å². The second-order valence-corrected chi connectivity index (χ2v) is 13.5. The number of fused-ring (bicyclic) bond motifs is 11. The molecule has 244 valence electrons. The number of ether oxygens (including phenoxy) is 2. The lowest BCUT2D eigenvalue weighted by atomic mass is 9.62. The standard InChI is InChI=1S/C48H30N2O2/c1-2-12-34(13-3-1)50-42-18-7-4-14-35(42)36-28-31(22-25-43(36)50)32-23-26-46-40(29-32)48(37-15-5-8-19-44(37)51-45-20-9-6-16-38(45)48)39-24-21-33(30-47(39)52-46)41-17-10-11-27-49-41/h1-30H. The molecule has 0 fully saturated rings. The van der Waals surface area contributed by atoms with E-state index < -0.39 is 5.41 Å². The minimum absolute atomic E-state index is 0.694. The lowest BCUT2D eigenvalue weighted by Crippen LogP contribution is -2.36. The fourth-order valence-electron chi connectivity index (χ4n) is 8.55. The summed E-state index contributed by atoms with van der Waals surface area (Å²) in [5.41, 5.74) is 11.3. The zero-order valence-corrected chi connectivity index (χ0v) is 28.0. The topological polar surface area (TPSA) is 36.3 Å². The second-order valence-electron chi connectivity index (χ2n) is 13.5. The lowest BCUT2D eigenvalue weighted by molar-refractivity contribution is 0.399. The van der Waals surface area contributed by atoms with E-state index in [-0.39, 0.29) is 0 Å². The summed E-state index contributed by atoms with van der Waals surface area (Å²) in [6.07, 6.45) is 1.83. The Morgan fingerprint density at radius 2 is 1.02 bits per heavy atom. The van der Waals surface area contributed by atoms with Gasteiger partial charge in [0.15, 0.2) is 0 Å². The third-order valence-electron chi connectivity index (χ3n) is 10.8. The molecule has 1 spiro atoms. The molecule has 0 N–H and O–H groups in total. The molecule has 9 aromatic rings. The van der Waals surface area contributed by atoms with Gasteiger partial charge in [-0.1, -0.05) is 103 Å². The molecule has 4 heterocycles. The van der Waals surface area contributed by atoms with Crippen molar-refractivity contribution >= 4 is 21.8 Å². The molecule has 7 aromatic carbocycles. The van der Waals surface area contributed by atoms with Gasteiger partial charge in [-0.05, 0) is 83.9 Å². The first-order valence-electron chi connectivity index (χ1n) is 17.6. The zero-order chi connectivity index (χ0) is 34.2. The maximum absolute atomic E-state index is 6.90. The van der Waals surface area contributed by atoms with E-state index in [1.165, 1.54) is 21.8 Å². The number of aromatic nitrogens is 2. The van der Waals surface area contributed by atoms with Crippen LogP contribution < -0.4 is 9.47 Å². The molecule has 0 atom stereocenters. The van der Waals surface area contributed by atoms with Gasteiger partial charge in [0.05, 0.1) is 22.1 Å². The van der Waals surface area contributed by atoms with Gasteiger partial charge < -0.3 is 14.0 Å². The Hall–Kier alpha value is -6.91. The maximum Gasteiger partial charge on any atom is 0.132 e. The van der Waals surface area contributed by atoms with Crippen molar-refractivity contribution in [2.75, 3.05) is 0 Å². The molecule has 0 bridgehead atoms. The van der Waals surface area contributed by atoms with Gasteiger partial charge in [0, 0.05) is 50.5 Å². The minimum Gasteiger partial charge on any atom is -0.457 e. The molecule has 2 aliphatic rings. The fraction of sp³-hybridized carbons (Fsp3) is 0.0208. The predicted molar refractivity (Wildman–Crippen MR) is 208 cm³/mol. The molecule has 2 aliphatic heterocycles. The van der Waals surface area contributed by atoms with Crippen LogP contribution in [-0.2, 0) is 5.41 Å². The molecular formula is C48H30N2O2. The smallest absolute Gasteiger partial charge is 0.132 e. The van der Waals surface area contributed by atoms with Crippen LogP contribution in [0, 0.1) is 0 Å². The molecule has 4 heteroatoms. The van der Waals surface area contributed by atoms with Crippen LogP contribution in [0.4, 0.5) is 0 Å². The summed E-state index contributed by atoms with van der Waals surface area (Å²) in [5, 5.41) is 2.45. The number of benzene rings is 7. The Kier molecular flexibility index (Phi) is 6.13. The van der Waals surface area contributed by atoms with E-state index in [4.69, 9.17) is 9.47 Å². The van der Waals surface area contributed by atoms with Crippen molar-refractivity contribution in [3.8, 4) is 51.1 Å². The summed E-state index contributed by atoms with van der Waals surface area (Å²) in [4.78, 5) is 4.65. The molecule has 52 heavy (non-hydrogen) atoms. The Bertz CT molecular complexity index is 2810. The molecule has 0 saturated carbocycles. The summed E-state index contributed by atoms with van der Waals surface area (Å²) in [6.45, 7) is 0. The zero-order valence-electron chi connectivity index (χ0n) is 28.0. The van der Waals surface area contributed by atoms with Gasteiger partial charge in [0.2, 0.25) is 0 Å². The van der Waals surface area contributed by atoms with Crippen LogP contribution in [0.1, 0.15) is 22.3 Å². The summed E-state index contributed by atoms with van der Waals surface area (Å²) in [6, 6.07) is 62.2. The fourth-order valence-corrected chi connectivity index (χ4v) is 8.55. The monoisotopic (exact) mass is 666 g/mol. The molecular weight excluding hydrogens is 637 g/mol. The van der Waals surface area contributed by atoms with Gasteiger partial charge in [-0.2, -0.15) is 0 Å². The van der Waals surface area contributed by atoms with Crippen molar-refractivity contribution in [2.45, 2.75) is 5.41 Å². The quantitative estimate of drug-likeness (QED) is 0.188. The SMILES string of the molecule is c1ccc(-n2c3ccccc3c3cc(-c4ccc5c(c4)C4(c6ccccc6Oc6ccccc64)c4ccc(-c6ccccn6)cc4O5)ccc32)cc1. The van der Waals surface area contributed by atoms with E-state index in [0.717, 1.165) is 73.3 Å². The Labute approximate surface area is 300 Å². The molecule has 0 radical (unpaired) electrons. The number of nitrogens with zero attached hydrogens (tertiary/aromatic N) is 2. The van der Waals surface area contributed by atoms with Gasteiger partial charge in [0.25, 0.3) is 0 Å². The van der Waals surface area contributed by atoms with Crippen molar-refractivity contribution in [3.63, 3.8) is 0 Å². The van der Waals surface area contributed by atoms with E-state index in [0.29, 0.717) is 0 Å². The first-order valence-corrected chi connectivity index (χ1v) is 17.6. The third-order valence-corrected chi connectivity index (χ3v) is 10.8. The van der Waals surface area contributed by atoms with Crippen LogP contribution in [0.25, 0.3) is 49.9 Å². The van der Waals surface area contributed by atoms with Crippen molar-refractivity contribution in [1.82, 2.24) is 9.55 Å². The first-order chi connectivity index (χ1) is 25.8. The highest BCUT2D eigenvalue weighted by Crippen LogP contribution is 2.62. The number of rotatable bonds is 3. The average Bonchev–Trinajstić information content (AvgIpc) is 3.55. The van der Waals surface area contributed by atoms with Crippen molar-refractivity contribution in [1.29, 1.82) is 0 Å². The largest absolute Gasteiger partial charge is 0.457 e. The van der Waals surface area contributed by atoms with E-state index >= 15 is 0 Å². The number of pyridine rings is 1. The van der Waals surface area contributed by atoms with Crippen molar-refractivity contribution in [3.05, 3.63) is 204 Å². The summed E-state index contributed by atoms with van der Waals surface area (Å²) >= 11 is 0. The Morgan fingerprint density at radius 1 is 0.404 bits per heavy atom. The molecule has 11 rings (SSSR count). The number of hydrogen-bond donors (Lipinski definition) is 0. The summed E-state index contributed by atoms with van der Waals surface area (Å²) in [5.74, 6) is 3.32. The number of para-hydroxylation sites is 4. The van der Waals surface area contributed by atoms with Gasteiger partial charge in [-0.15, -0.1) is 0 Å². The van der Waals surface area contributed by atoms with E-state index in [9.17, 15) is 0 Å².